The van der Waals surface area contributed by atoms with E-state index in [2.05, 4.69) is 12.2 Å². The van der Waals surface area contributed by atoms with Gasteiger partial charge in [0.05, 0.1) is 12.5 Å². The summed E-state index contributed by atoms with van der Waals surface area (Å²) in [5.41, 5.74) is 0. The Bertz CT molecular complexity index is 468. The molecule has 0 aromatic carbocycles. The standard InChI is InChI=1S/C17H28N2O5/c1-12-2-6-17(7-3-12)23-11-14(24-17)10-18-16(22)19-8-4-13(5-9-19)15(20)21/h12-14H,2-11H2,1H3,(H,18,22)(H,20,21). The number of nitrogens with zero attached hydrogens (tertiary/aromatic N) is 1. The third kappa shape index (κ3) is 4.00. The van der Waals surface area contributed by atoms with Crippen molar-refractivity contribution in [1.29, 1.82) is 0 Å². The minimum absolute atomic E-state index is 0.0982. The number of carbonyl (C=O) groups is 2. The Labute approximate surface area is 142 Å². The van der Waals surface area contributed by atoms with E-state index in [-0.39, 0.29) is 18.1 Å². The van der Waals surface area contributed by atoms with Crippen molar-refractivity contribution < 1.29 is 24.2 Å². The summed E-state index contributed by atoms with van der Waals surface area (Å²) in [6, 6.07) is -0.138. The van der Waals surface area contributed by atoms with Crippen LogP contribution in [0.3, 0.4) is 0 Å². The number of likely N-dealkylation sites (tertiary alicyclic amines) is 1. The zero-order valence-electron chi connectivity index (χ0n) is 14.3. The Balaban J connectivity index is 1.39. The van der Waals surface area contributed by atoms with Gasteiger partial charge in [0.15, 0.2) is 5.79 Å². The van der Waals surface area contributed by atoms with Crippen LogP contribution in [0.5, 0.6) is 0 Å². The molecular weight excluding hydrogens is 312 g/mol. The van der Waals surface area contributed by atoms with Crippen LogP contribution >= 0.6 is 0 Å². The molecule has 7 heteroatoms. The molecule has 0 aromatic rings. The van der Waals surface area contributed by atoms with E-state index in [1.165, 1.54) is 0 Å². The normalized spacial score (nSPS) is 34.5. The first-order valence-corrected chi connectivity index (χ1v) is 9.05. The van der Waals surface area contributed by atoms with Gasteiger partial charge in [-0.1, -0.05) is 6.92 Å². The van der Waals surface area contributed by atoms with Gasteiger partial charge in [0.1, 0.15) is 6.10 Å². The van der Waals surface area contributed by atoms with Crippen LogP contribution in [0.1, 0.15) is 45.4 Å². The molecule has 1 aliphatic carbocycles. The third-order valence-electron chi connectivity index (χ3n) is 5.56. The topological polar surface area (TPSA) is 88.1 Å². The van der Waals surface area contributed by atoms with Crippen molar-refractivity contribution in [2.45, 2.75) is 57.3 Å². The first-order valence-electron chi connectivity index (χ1n) is 9.05. The zero-order chi connectivity index (χ0) is 17.2. The quantitative estimate of drug-likeness (QED) is 0.818. The van der Waals surface area contributed by atoms with E-state index >= 15 is 0 Å². The molecule has 1 atom stereocenters. The van der Waals surface area contributed by atoms with Crippen molar-refractivity contribution in [3.8, 4) is 0 Å². The number of amides is 2. The van der Waals surface area contributed by atoms with E-state index in [0.29, 0.717) is 39.1 Å². The maximum absolute atomic E-state index is 12.2. The third-order valence-corrected chi connectivity index (χ3v) is 5.56. The van der Waals surface area contributed by atoms with E-state index in [0.717, 1.165) is 31.6 Å². The van der Waals surface area contributed by atoms with Crippen LogP contribution in [-0.2, 0) is 14.3 Å². The molecule has 0 bridgehead atoms. The second kappa shape index (κ2) is 7.27. The average molecular weight is 340 g/mol. The second-order valence-corrected chi connectivity index (χ2v) is 7.43. The first-order chi connectivity index (χ1) is 11.5. The highest BCUT2D eigenvalue weighted by molar-refractivity contribution is 5.75. The van der Waals surface area contributed by atoms with Crippen LogP contribution in [0, 0.1) is 11.8 Å². The summed E-state index contributed by atoms with van der Waals surface area (Å²) in [7, 11) is 0. The van der Waals surface area contributed by atoms with E-state index in [4.69, 9.17) is 14.6 Å². The van der Waals surface area contributed by atoms with Gasteiger partial charge >= 0.3 is 12.0 Å². The van der Waals surface area contributed by atoms with E-state index < -0.39 is 11.8 Å². The molecule has 2 heterocycles. The fourth-order valence-corrected chi connectivity index (χ4v) is 3.82. The van der Waals surface area contributed by atoms with Crippen molar-refractivity contribution in [1.82, 2.24) is 10.2 Å². The molecule has 1 unspecified atom stereocenters. The molecule has 2 aliphatic heterocycles. The lowest BCUT2D eigenvalue weighted by Crippen LogP contribution is -2.47. The molecule has 7 nitrogen and oxygen atoms in total. The lowest BCUT2D eigenvalue weighted by atomic mass is 9.86. The number of carbonyl (C=O) groups excluding carboxylic acids is 1. The maximum atomic E-state index is 12.2. The van der Waals surface area contributed by atoms with Gasteiger partial charge in [0.25, 0.3) is 0 Å². The molecule has 2 N–H and O–H groups in total. The van der Waals surface area contributed by atoms with Gasteiger partial charge in [-0.15, -0.1) is 0 Å². The van der Waals surface area contributed by atoms with Crippen molar-refractivity contribution in [3.05, 3.63) is 0 Å². The van der Waals surface area contributed by atoms with Crippen molar-refractivity contribution in [2.75, 3.05) is 26.2 Å². The number of urea groups is 1. The predicted molar refractivity (Wildman–Crippen MR) is 86.5 cm³/mol. The van der Waals surface area contributed by atoms with Crippen LogP contribution in [-0.4, -0.2) is 60.1 Å². The minimum atomic E-state index is -0.765. The number of hydrogen-bond acceptors (Lipinski definition) is 4. The maximum Gasteiger partial charge on any atom is 0.317 e. The summed E-state index contributed by atoms with van der Waals surface area (Å²) in [4.78, 5) is 24.8. The number of carboxylic acid groups (broad SMARTS) is 1. The number of hydrogen-bond donors (Lipinski definition) is 2. The van der Waals surface area contributed by atoms with Gasteiger partial charge in [-0.05, 0) is 31.6 Å². The summed E-state index contributed by atoms with van der Waals surface area (Å²) in [5.74, 6) is -0.787. The van der Waals surface area contributed by atoms with Crippen LogP contribution in [0.4, 0.5) is 4.79 Å². The molecule has 1 spiro atoms. The Morgan fingerprint density at radius 1 is 1.21 bits per heavy atom. The largest absolute Gasteiger partial charge is 0.481 e. The van der Waals surface area contributed by atoms with Gasteiger partial charge in [0.2, 0.25) is 0 Å². The summed E-state index contributed by atoms with van der Waals surface area (Å²) in [6.07, 6.45) is 5.05. The van der Waals surface area contributed by atoms with Gasteiger partial charge in [-0.3, -0.25) is 4.79 Å². The van der Waals surface area contributed by atoms with Crippen molar-refractivity contribution in [3.63, 3.8) is 0 Å². The Kier molecular flexibility index (Phi) is 5.30. The molecule has 2 saturated heterocycles. The highest BCUT2D eigenvalue weighted by atomic mass is 16.7. The minimum Gasteiger partial charge on any atom is -0.481 e. The molecular formula is C17H28N2O5. The molecule has 3 rings (SSSR count). The summed E-state index contributed by atoms with van der Waals surface area (Å²) >= 11 is 0. The molecule has 0 radical (unpaired) electrons. The molecule has 2 amide bonds. The molecule has 24 heavy (non-hydrogen) atoms. The van der Waals surface area contributed by atoms with Gasteiger partial charge in [0, 0.05) is 32.5 Å². The zero-order valence-corrected chi connectivity index (χ0v) is 14.3. The van der Waals surface area contributed by atoms with Crippen molar-refractivity contribution in [2.24, 2.45) is 11.8 Å². The average Bonchev–Trinajstić information content (AvgIpc) is 2.99. The summed E-state index contributed by atoms with van der Waals surface area (Å²) < 4.78 is 12.0. The van der Waals surface area contributed by atoms with Gasteiger partial charge < -0.3 is 24.8 Å². The summed E-state index contributed by atoms with van der Waals surface area (Å²) in [5, 5.41) is 11.9. The Morgan fingerprint density at radius 3 is 2.50 bits per heavy atom. The molecule has 1 saturated carbocycles. The highest BCUT2D eigenvalue weighted by Gasteiger charge is 2.43. The van der Waals surface area contributed by atoms with Crippen molar-refractivity contribution >= 4 is 12.0 Å². The molecule has 136 valence electrons. The number of carboxylic acids is 1. The van der Waals surface area contributed by atoms with Crippen LogP contribution < -0.4 is 5.32 Å². The fourth-order valence-electron chi connectivity index (χ4n) is 3.82. The van der Waals surface area contributed by atoms with E-state index in [9.17, 15) is 9.59 Å². The van der Waals surface area contributed by atoms with Crippen LogP contribution in [0.2, 0.25) is 0 Å². The molecule has 0 aromatic heterocycles. The molecule has 3 fully saturated rings. The Hall–Kier alpha value is -1.34. The second-order valence-electron chi connectivity index (χ2n) is 7.43. The fraction of sp³-hybridized carbons (Fsp3) is 0.882. The predicted octanol–water partition coefficient (Wildman–Crippen LogP) is 1.81. The number of rotatable bonds is 3. The monoisotopic (exact) mass is 340 g/mol. The van der Waals surface area contributed by atoms with E-state index in [1.807, 2.05) is 0 Å². The molecule has 3 aliphatic rings. The highest BCUT2D eigenvalue weighted by Crippen LogP contribution is 2.39. The lowest BCUT2D eigenvalue weighted by Gasteiger charge is -2.34. The smallest absolute Gasteiger partial charge is 0.317 e. The number of piperidine rings is 1. The van der Waals surface area contributed by atoms with Crippen LogP contribution in [0.25, 0.3) is 0 Å². The van der Waals surface area contributed by atoms with Crippen LogP contribution in [0.15, 0.2) is 0 Å². The number of ether oxygens (including phenoxy) is 2. The van der Waals surface area contributed by atoms with Gasteiger partial charge in [-0.25, -0.2) is 4.79 Å². The van der Waals surface area contributed by atoms with E-state index in [1.54, 1.807) is 4.90 Å². The lowest BCUT2D eigenvalue weighted by molar-refractivity contribution is -0.191. The Morgan fingerprint density at radius 2 is 1.88 bits per heavy atom. The summed E-state index contributed by atoms with van der Waals surface area (Å²) in [6.45, 7) is 4.21. The first kappa shape index (κ1) is 17.5. The SMILES string of the molecule is CC1CCC2(CC1)OCC(CNC(=O)N1CCC(C(=O)O)CC1)O2. The number of aliphatic carboxylic acids is 1. The number of nitrogens with one attached hydrogen (secondary N) is 1. The van der Waals surface area contributed by atoms with Gasteiger partial charge in [-0.2, -0.15) is 0 Å².